The van der Waals surface area contributed by atoms with Gasteiger partial charge in [-0.1, -0.05) is 6.92 Å². The Kier molecular flexibility index (Phi) is 4.24. The zero-order chi connectivity index (χ0) is 14.0. The van der Waals surface area contributed by atoms with Gasteiger partial charge in [0.05, 0.1) is 0 Å². The summed E-state index contributed by atoms with van der Waals surface area (Å²) in [5.41, 5.74) is -0.912. The molecule has 1 fully saturated rings. The second-order valence-corrected chi connectivity index (χ2v) is 5.62. The van der Waals surface area contributed by atoms with Crippen molar-refractivity contribution in [2.24, 2.45) is 5.41 Å². The predicted molar refractivity (Wildman–Crippen MR) is 69.5 cm³/mol. The van der Waals surface area contributed by atoms with E-state index in [0.717, 1.165) is 19.3 Å². The second kappa shape index (κ2) is 5.16. The van der Waals surface area contributed by atoms with E-state index in [2.05, 4.69) is 12.2 Å². The quantitative estimate of drug-likeness (QED) is 0.764. The fourth-order valence-electron chi connectivity index (χ4n) is 2.10. The zero-order valence-corrected chi connectivity index (χ0v) is 11.7. The molecule has 5 heteroatoms. The number of urea groups is 1. The van der Waals surface area contributed by atoms with E-state index in [1.807, 2.05) is 0 Å². The van der Waals surface area contributed by atoms with Crippen LogP contribution in [0.1, 0.15) is 47.0 Å². The molecule has 0 heterocycles. The molecule has 2 amide bonds. The van der Waals surface area contributed by atoms with Crippen molar-refractivity contribution in [1.82, 2.24) is 10.2 Å². The highest BCUT2D eigenvalue weighted by atomic mass is 16.4. The van der Waals surface area contributed by atoms with Crippen LogP contribution in [0.3, 0.4) is 0 Å². The molecule has 0 aliphatic heterocycles. The Morgan fingerprint density at radius 1 is 1.33 bits per heavy atom. The molecule has 0 radical (unpaired) electrons. The summed E-state index contributed by atoms with van der Waals surface area (Å²) in [4.78, 5) is 24.6. The van der Waals surface area contributed by atoms with E-state index in [4.69, 9.17) is 5.11 Å². The van der Waals surface area contributed by atoms with Gasteiger partial charge in [0, 0.05) is 13.1 Å². The summed E-state index contributed by atoms with van der Waals surface area (Å²) in [5, 5.41) is 12.0. The van der Waals surface area contributed by atoms with Crippen LogP contribution in [0.25, 0.3) is 0 Å². The number of carboxylic acids is 1. The van der Waals surface area contributed by atoms with Crippen molar-refractivity contribution in [3.63, 3.8) is 0 Å². The maximum atomic E-state index is 12.1. The van der Waals surface area contributed by atoms with Gasteiger partial charge in [0.25, 0.3) is 0 Å². The maximum absolute atomic E-state index is 12.1. The summed E-state index contributed by atoms with van der Waals surface area (Å²) in [5.74, 6) is -0.990. The number of nitrogens with zero attached hydrogens (tertiary/aromatic N) is 1. The Bertz CT molecular complexity index is 335. The zero-order valence-electron chi connectivity index (χ0n) is 11.7. The Morgan fingerprint density at radius 2 is 1.89 bits per heavy atom. The first-order valence-corrected chi connectivity index (χ1v) is 6.58. The van der Waals surface area contributed by atoms with Crippen LogP contribution in [0.4, 0.5) is 4.79 Å². The highest BCUT2D eigenvalue weighted by Gasteiger charge is 2.42. The third-order valence-electron chi connectivity index (χ3n) is 4.08. The molecule has 1 rings (SSSR count). The van der Waals surface area contributed by atoms with Gasteiger partial charge in [0.1, 0.15) is 5.54 Å². The van der Waals surface area contributed by atoms with Gasteiger partial charge < -0.3 is 15.3 Å². The number of aliphatic carboxylic acids is 1. The Labute approximate surface area is 109 Å². The van der Waals surface area contributed by atoms with Crippen molar-refractivity contribution in [3.05, 3.63) is 0 Å². The van der Waals surface area contributed by atoms with E-state index < -0.39 is 11.5 Å². The molecule has 0 aromatic heterocycles. The summed E-state index contributed by atoms with van der Waals surface area (Å²) < 4.78 is 0. The molecule has 0 spiro atoms. The van der Waals surface area contributed by atoms with Crippen molar-refractivity contribution >= 4 is 12.0 Å². The van der Waals surface area contributed by atoms with Gasteiger partial charge >= 0.3 is 12.0 Å². The van der Waals surface area contributed by atoms with Gasteiger partial charge in [0.2, 0.25) is 0 Å². The minimum atomic E-state index is -1.18. The lowest BCUT2D eigenvalue weighted by Crippen LogP contribution is -2.56. The molecule has 2 N–H and O–H groups in total. The second-order valence-electron chi connectivity index (χ2n) is 5.62. The van der Waals surface area contributed by atoms with Crippen LogP contribution in [0.2, 0.25) is 0 Å². The smallest absolute Gasteiger partial charge is 0.329 e. The van der Waals surface area contributed by atoms with Crippen LogP contribution in [-0.2, 0) is 4.79 Å². The molecule has 0 atom stereocenters. The third kappa shape index (κ3) is 2.94. The van der Waals surface area contributed by atoms with Crippen molar-refractivity contribution in [2.45, 2.75) is 52.5 Å². The first-order chi connectivity index (χ1) is 8.29. The number of likely N-dealkylation sites (N-methyl/N-ethyl adjacent to an activating group) is 1. The number of nitrogens with one attached hydrogen (secondary N) is 1. The summed E-state index contributed by atoms with van der Waals surface area (Å²) in [7, 11) is 0. The molecule has 0 aromatic carbocycles. The largest absolute Gasteiger partial charge is 0.480 e. The van der Waals surface area contributed by atoms with E-state index in [1.54, 1.807) is 20.8 Å². The van der Waals surface area contributed by atoms with Crippen molar-refractivity contribution in [3.8, 4) is 0 Å². The number of hydrogen-bond donors (Lipinski definition) is 2. The highest BCUT2D eigenvalue weighted by molar-refractivity contribution is 5.85. The van der Waals surface area contributed by atoms with Crippen molar-refractivity contribution < 1.29 is 14.7 Å². The lowest BCUT2D eigenvalue weighted by molar-refractivity contribution is -0.147. The van der Waals surface area contributed by atoms with Crippen LogP contribution in [-0.4, -0.2) is 40.6 Å². The van der Waals surface area contributed by atoms with E-state index in [1.165, 1.54) is 4.90 Å². The molecule has 0 bridgehead atoms. The summed E-state index contributed by atoms with van der Waals surface area (Å²) >= 11 is 0. The third-order valence-corrected chi connectivity index (χ3v) is 4.08. The monoisotopic (exact) mass is 256 g/mol. The Morgan fingerprint density at radius 3 is 2.22 bits per heavy atom. The normalized spacial score (nSPS) is 17.1. The van der Waals surface area contributed by atoms with Gasteiger partial charge in [-0.2, -0.15) is 0 Å². The number of rotatable bonds is 6. The van der Waals surface area contributed by atoms with Crippen LogP contribution in [0, 0.1) is 5.41 Å². The first kappa shape index (κ1) is 14.8. The van der Waals surface area contributed by atoms with Crippen LogP contribution >= 0.6 is 0 Å². The molecule has 0 saturated heterocycles. The average molecular weight is 256 g/mol. The topological polar surface area (TPSA) is 69.6 Å². The SMILES string of the molecule is CCN(C(=O)NCC1(CC)CC1)C(C)(C)C(=O)O. The van der Waals surface area contributed by atoms with Crippen LogP contribution < -0.4 is 5.32 Å². The lowest BCUT2D eigenvalue weighted by Gasteiger charge is -2.34. The van der Waals surface area contributed by atoms with Gasteiger partial charge in [-0.25, -0.2) is 9.59 Å². The minimum absolute atomic E-state index is 0.266. The molecule has 0 aromatic rings. The molecular weight excluding hydrogens is 232 g/mol. The fraction of sp³-hybridized carbons (Fsp3) is 0.846. The van der Waals surface area contributed by atoms with Crippen LogP contribution in [0.5, 0.6) is 0 Å². The minimum Gasteiger partial charge on any atom is -0.480 e. The van der Waals surface area contributed by atoms with E-state index in [0.29, 0.717) is 13.1 Å². The molecule has 1 aliphatic rings. The van der Waals surface area contributed by atoms with Gasteiger partial charge in [-0.3, -0.25) is 0 Å². The molecule has 104 valence electrons. The van der Waals surface area contributed by atoms with Crippen LogP contribution in [0.15, 0.2) is 0 Å². The molecular formula is C13H24N2O3. The molecule has 1 saturated carbocycles. The van der Waals surface area contributed by atoms with E-state index >= 15 is 0 Å². The van der Waals surface area contributed by atoms with E-state index in [-0.39, 0.29) is 11.4 Å². The summed E-state index contributed by atoms with van der Waals surface area (Å²) in [6.45, 7) is 8.03. The van der Waals surface area contributed by atoms with Gasteiger partial charge in [-0.15, -0.1) is 0 Å². The van der Waals surface area contributed by atoms with Gasteiger partial charge in [0.15, 0.2) is 0 Å². The Hall–Kier alpha value is -1.26. The molecule has 0 unspecified atom stereocenters. The number of carbonyl (C=O) groups is 2. The lowest BCUT2D eigenvalue weighted by atomic mass is 10.0. The number of hydrogen-bond acceptors (Lipinski definition) is 2. The number of carboxylic acid groups (broad SMARTS) is 1. The molecule has 18 heavy (non-hydrogen) atoms. The number of amides is 2. The van der Waals surface area contributed by atoms with Crippen molar-refractivity contribution in [2.75, 3.05) is 13.1 Å². The summed E-state index contributed by atoms with van der Waals surface area (Å²) in [6.07, 6.45) is 3.36. The molecule has 1 aliphatic carbocycles. The van der Waals surface area contributed by atoms with E-state index in [9.17, 15) is 9.59 Å². The summed E-state index contributed by atoms with van der Waals surface area (Å²) in [6, 6.07) is -0.287. The fourth-order valence-corrected chi connectivity index (χ4v) is 2.10. The maximum Gasteiger partial charge on any atom is 0.329 e. The highest BCUT2D eigenvalue weighted by Crippen LogP contribution is 2.47. The standard InChI is InChI=1S/C13H24N2O3/c1-5-13(7-8-13)9-14-11(18)15(6-2)12(3,4)10(16)17/h5-9H2,1-4H3,(H,14,18)(H,16,17). The van der Waals surface area contributed by atoms with Gasteiger partial charge in [-0.05, 0) is 45.4 Å². The average Bonchev–Trinajstić information content (AvgIpc) is 3.07. The Balaban J connectivity index is 2.60. The van der Waals surface area contributed by atoms with Crippen molar-refractivity contribution in [1.29, 1.82) is 0 Å². The number of carbonyl (C=O) groups excluding carboxylic acids is 1. The predicted octanol–water partition coefficient (Wildman–Crippen LogP) is 2.07. The first-order valence-electron chi connectivity index (χ1n) is 6.58. The molecule has 5 nitrogen and oxygen atoms in total.